The summed E-state index contributed by atoms with van der Waals surface area (Å²) in [6.45, 7) is 15.2. The van der Waals surface area contributed by atoms with E-state index in [1.54, 1.807) is 5.57 Å². The molecule has 320 valence electrons. The van der Waals surface area contributed by atoms with Gasteiger partial charge in [-0.25, -0.2) is 9.79 Å². The molecule has 0 spiro atoms. The number of carbonyl (C=O) groups is 2. The highest BCUT2D eigenvalue weighted by molar-refractivity contribution is 5.87. The minimum atomic E-state index is -0.549. The van der Waals surface area contributed by atoms with Crippen LogP contribution in [0.1, 0.15) is 144 Å². The monoisotopic (exact) mass is 786 g/mol. The molecule has 0 radical (unpaired) electrons. The van der Waals surface area contributed by atoms with Crippen LogP contribution < -0.4 is 28.3 Å². The van der Waals surface area contributed by atoms with Gasteiger partial charge in [0.15, 0.2) is 17.7 Å². The van der Waals surface area contributed by atoms with Crippen molar-refractivity contribution in [2.45, 2.75) is 156 Å². The third-order valence-corrected chi connectivity index (χ3v) is 14.2. The molecule has 0 saturated heterocycles. The van der Waals surface area contributed by atoms with Crippen molar-refractivity contribution in [2.75, 3.05) is 39.5 Å². The van der Waals surface area contributed by atoms with E-state index < -0.39 is 6.04 Å². The lowest BCUT2D eigenvalue weighted by Crippen LogP contribution is -2.51. The predicted octanol–water partition coefficient (Wildman–Crippen LogP) is 6.98. The quantitative estimate of drug-likeness (QED) is 0.0296. The van der Waals surface area contributed by atoms with E-state index in [4.69, 9.17) is 37.1 Å². The summed E-state index contributed by atoms with van der Waals surface area (Å²) in [5.41, 5.74) is 24.1. The molecule has 0 aliphatic heterocycles. The number of hydrogen-bond acceptors (Lipinski definition) is 7. The fraction of sp³-hybridized carbons (Fsp3) is 0.864. The number of Topliss-reactive ketones (excluding diaryl/α,β-unsaturated/α-hetero) is 1. The largest absolute Gasteiger partial charge is 0.446 e. The number of unbranched alkanes of at least 4 members (excludes halogenated alkanes) is 2. The first kappa shape index (κ1) is 45.8. The fourth-order valence-electron chi connectivity index (χ4n) is 11.3. The Labute approximate surface area is 338 Å². The van der Waals surface area contributed by atoms with Gasteiger partial charge in [0.05, 0.1) is 19.8 Å². The molecular formula is C44H79N7O5. The number of nitrogens with zero attached hydrogens (tertiary/aromatic N) is 2. The number of fused-ring (bicyclic) bond motifs is 5. The first-order chi connectivity index (χ1) is 26.7. The molecule has 56 heavy (non-hydrogen) atoms. The van der Waals surface area contributed by atoms with Crippen molar-refractivity contribution in [1.82, 2.24) is 5.32 Å². The second-order valence-corrected chi connectivity index (χ2v) is 18.5. The number of aliphatic imine (C=N–C) groups is 2. The average molecular weight is 786 g/mol. The molecule has 0 heterocycles. The van der Waals surface area contributed by atoms with Gasteiger partial charge in [0, 0.05) is 32.5 Å². The molecule has 9 atom stereocenters. The van der Waals surface area contributed by atoms with Gasteiger partial charge in [-0.3, -0.25) is 9.79 Å². The van der Waals surface area contributed by atoms with Crippen molar-refractivity contribution >= 4 is 23.8 Å². The smallest absolute Gasteiger partial charge is 0.407 e. The summed E-state index contributed by atoms with van der Waals surface area (Å²) >= 11 is 0. The van der Waals surface area contributed by atoms with Gasteiger partial charge < -0.3 is 42.5 Å². The topological polar surface area (TPSA) is 203 Å². The maximum atomic E-state index is 12.7. The van der Waals surface area contributed by atoms with Gasteiger partial charge in [-0.2, -0.15) is 0 Å². The summed E-state index contributed by atoms with van der Waals surface area (Å²) in [5.74, 6) is 4.92. The molecule has 4 aliphatic rings. The zero-order valence-corrected chi connectivity index (χ0v) is 35.7. The highest BCUT2D eigenvalue weighted by Gasteiger charge is 2.59. The first-order valence-electron chi connectivity index (χ1n) is 22.2. The lowest BCUT2D eigenvalue weighted by atomic mass is 9.47. The van der Waals surface area contributed by atoms with Crippen LogP contribution >= 0.6 is 0 Å². The van der Waals surface area contributed by atoms with E-state index in [-0.39, 0.29) is 35.3 Å². The van der Waals surface area contributed by atoms with E-state index in [0.29, 0.717) is 64.2 Å². The molecule has 0 aromatic carbocycles. The van der Waals surface area contributed by atoms with E-state index in [9.17, 15) is 9.59 Å². The van der Waals surface area contributed by atoms with Gasteiger partial charge in [0.25, 0.3) is 0 Å². The number of allylic oxidation sites excluding steroid dienone is 1. The first-order valence-corrected chi connectivity index (χ1v) is 22.2. The number of nitrogens with one attached hydrogen (secondary N) is 1. The number of amides is 1. The van der Waals surface area contributed by atoms with Crippen LogP contribution in [-0.4, -0.2) is 75.5 Å². The van der Waals surface area contributed by atoms with Crippen molar-refractivity contribution in [3.05, 3.63) is 11.6 Å². The number of carbonyl (C=O) groups excluding carboxylic acids is 2. The van der Waals surface area contributed by atoms with Crippen LogP contribution in [0.15, 0.2) is 21.6 Å². The van der Waals surface area contributed by atoms with Crippen LogP contribution in [0.3, 0.4) is 0 Å². The molecular weight excluding hydrogens is 707 g/mol. The summed E-state index contributed by atoms with van der Waals surface area (Å²) in [5, 5.41) is 2.87. The van der Waals surface area contributed by atoms with Crippen molar-refractivity contribution in [2.24, 2.45) is 79.3 Å². The molecule has 0 bridgehead atoms. The molecule has 3 saturated carbocycles. The summed E-state index contributed by atoms with van der Waals surface area (Å²) in [6, 6.07) is -0.549. The maximum Gasteiger partial charge on any atom is 0.407 e. The van der Waals surface area contributed by atoms with Crippen molar-refractivity contribution in [3.63, 3.8) is 0 Å². The minimum absolute atomic E-state index is 0.0161. The highest BCUT2D eigenvalue weighted by atomic mass is 16.6. The SMILES string of the molecule is CC(C)CCCC(C)C1CCC2C3CC=C4CC(OC(=O)NCCOCCOCCCCC(=O)C(CCCCN=C(N)N)N=C(N)N)CCC4(C)C3CCC12C. The molecule has 12 nitrogen and oxygen atoms in total. The lowest BCUT2D eigenvalue weighted by molar-refractivity contribution is -0.120. The number of alkyl carbamates (subject to hydrolysis) is 1. The molecule has 0 aromatic heterocycles. The Morgan fingerprint density at radius 1 is 0.839 bits per heavy atom. The number of hydrogen-bond donors (Lipinski definition) is 5. The Bertz CT molecular complexity index is 1330. The molecule has 1 amide bonds. The van der Waals surface area contributed by atoms with Gasteiger partial charge in [-0.05, 0) is 123 Å². The lowest BCUT2D eigenvalue weighted by Gasteiger charge is -2.58. The van der Waals surface area contributed by atoms with E-state index >= 15 is 0 Å². The molecule has 9 N–H and O–H groups in total. The summed E-state index contributed by atoms with van der Waals surface area (Å²) < 4.78 is 17.3. The van der Waals surface area contributed by atoms with Crippen LogP contribution in [0.25, 0.3) is 0 Å². The van der Waals surface area contributed by atoms with Gasteiger partial charge in [0.1, 0.15) is 12.1 Å². The van der Waals surface area contributed by atoms with Crippen LogP contribution in [0, 0.1) is 46.3 Å². The number of ketones is 1. The summed E-state index contributed by atoms with van der Waals surface area (Å²) in [6.07, 6.45) is 19.8. The van der Waals surface area contributed by atoms with Gasteiger partial charge in [0.2, 0.25) is 0 Å². The van der Waals surface area contributed by atoms with Crippen LogP contribution in [0.5, 0.6) is 0 Å². The number of guanidine groups is 2. The molecule has 12 heteroatoms. The second-order valence-electron chi connectivity index (χ2n) is 18.5. The van der Waals surface area contributed by atoms with Crippen molar-refractivity contribution in [1.29, 1.82) is 0 Å². The normalized spacial score (nSPS) is 29.2. The van der Waals surface area contributed by atoms with Gasteiger partial charge in [-0.15, -0.1) is 0 Å². The van der Waals surface area contributed by atoms with E-state index in [0.717, 1.165) is 74.0 Å². The number of rotatable bonds is 24. The summed E-state index contributed by atoms with van der Waals surface area (Å²) in [7, 11) is 0. The Hall–Kier alpha value is -2.86. The fourth-order valence-corrected chi connectivity index (χ4v) is 11.3. The van der Waals surface area contributed by atoms with E-state index in [1.165, 1.54) is 51.4 Å². The van der Waals surface area contributed by atoms with Crippen molar-refractivity contribution < 1.29 is 23.8 Å². The third-order valence-electron chi connectivity index (χ3n) is 14.2. The highest BCUT2D eigenvalue weighted by Crippen LogP contribution is 2.67. The number of ether oxygens (including phenoxy) is 3. The molecule has 4 rings (SSSR count). The molecule has 9 unspecified atom stereocenters. The third kappa shape index (κ3) is 13.1. The second kappa shape index (κ2) is 22.3. The van der Waals surface area contributed by atoms with Crippen molar-refractivity contribution in [3.8, 4) is 0 Å². The maximum absolute atomic E-state index is 12.7. The van der Waals surface area contributed by atoms with E-state index in [1.807, 2.05) is 0 Å². The minimum Gasteiger partial charge on any atom is -0.446 e. The molecule has 3 fully saturated rings. The Kier molecular flexibility index (Phi) is 18.3. The van der Waals surface area contributed by atoms with Crippen LogP contribution in [-0.2, 0) is 19.0 Å². The van der Waals surface area contributed by atoms with Crippen LogP contribution in [0.2, 0.25) is 0 Å². The zero-order valence-electron chi connectivity index (χ0n) is 35.7. The summed E-state index contributed by atoms with van der Waals surface area (Å²) in [4.78, 5) is 33.5. The Morgan fingerprint density at radius 2 is 1.61 bits per heavy atom. The molecule has 4 aliphatic carbocycles. The average Bonchev–Trinajstić information content (AvgIpc) is 3.50. The predicted molar refractivity (Wildman–Crippen MR) is 226 cm³/mol. The van der Waals surface area contributed by atoms with E-state index in [2.05, 4.69) is 56.0 Å². The standard InChI is InChI=1S/C44H79N7O5/c1-30(2)11-10-12-31(3)35-17-18-36-34-16-15-32-29-33(19-21-43(32,4)37(34)20-22-44(35,36)5)56-42(53)50-24-26-55-28-27-54-25-9-7-14-39(52)38(51-41(47)48)13-6-8-23-49-40(45)46/h15,30-31,33-38H,6-14,16-29H2,1-5H3,(H,50,53)(H4,45,46,49)(H4,47,48,51). The van der Waals surface area contributed by atoms with Gasteiger partial charge in [-0.1, -0.05) is 65.5 Å². The zero-order chi connectivity index (χ0) is 40.7. The molecule has 0 aromatic rings. The Balaban J connectivity index is 1.06. The van der Waals surface area contributed by atoms with Gasteiger partial charge >= 0.3 is 6.09 Å². The number of nitrogens with two attached hydrogens (primary N) is 4. The Morgan fingerprint density at radius 3 is 2.34 bits per heavy atom. The van der Waals surface area contributed by atoms with Crippen LogP contribution in [0.4, 0.5) is 4.79 Å².